The number of sulfonamides is 1. The molecule has 0 bridgehead atoms. The molecule has 1 N–H and O–H groups in total. The van der Waals surface area contributed by atoms with E-state index in [1.165, 1.54) is 27.8 Å². The van der Waals surface area contributed by atoms with E-state index in [4.69, 9.17) is 11.6 Å². The van der Waals surface area contributed by atoms with Crippen molar-refractivity contribution in [3.05, 3.63) is 51.2 Å². The van der Waals surface area contributed by atoms with Crippen LogP contribution in [0.5, 0.6) is 0 Å². The predicted octanol–water partition coefficient (Wildman–Crippen LogP) is 4.31. The molecule has 3 rings (SSSR count). The van der Waals surface area contributed by atoms with Crippen LogP contribution in [0.15, 0.2) is 41.3 Å². The van der Waals surface area contributed by atoms with E-state index in [2.05, 4.69) is 12.2 Å². The zero-order valence-corrected chi connectivity index (χ0v) is 17.7. The molecule has 1 aromatic carbocycles. The second kappa shape index (κ2) is 8.31. The average molecular weight is 427 g/mol. The zero-order valence-electron chi connectivity index (χ0n) is 15.3. The number of hydrogen-bond acceptors (Lipinski definition) is 4. The fourth-order valence-electron chi connectivity index (χ4n) is 3.06. The van der Waals surface area contributed by atoms with Crippen LogP contribution in [0, 0.1) is 5.92 Å². The monoisotopic (exact) mass is 426 g/mol. The Kier molecular flexibility index (Phi) is 6.25. The van der Waals surface area contributed by atoms with Gasteiger partial charge in [0.1, 0.15) is 0 Å². The van der Waals surface area contributed by atoms with Gasteiger partial charge in [-0.15, -0.1) is 11.3 Å². The third kappa shape index (κ3) is 4.71. The molecule has 0 aliphatic carbocycles. The molecule has 2 heterocycles. The Hall–Kier alpha value is -1.41. The van der Waals surface area contributed by atoms with E-state index in [0.717, 1.165) is 17.7 Å². The van der Waals surface area contributed by atoms with Crippen molar-refractivity contribution in [1.29, 1.82) is 0 Å². The number of nitrogens with zero attached hydrogens (tertiary/aromatic N) is 1. The SMILES string of the molecule is CC1CCN(S(=O)(=O)c2ccc(C(=O)NC(C)c3ccc(Cl)s3)cc2)CC1. The van der Waals surface area contributed by atoms with E-state index in [9.17, 15) is 13.2 Å². The van der Waals surface area contributed by atoms with Gasteiger partial charge in [0.05, 0.1) is 15.3 Å². The molecule has 1 aromatic heterocycles. The van der Waals surface area contributed by atoms with Crippen molar-refractivity contribution in [2.75, 3.05) is 13.1 Å². The number of carbonyl (C=O) groups excluding carboxylic acids is 1. The normalized spacial score (nSPS) is 17.6. The molecule has 0 radical (unpaired) electrons. The van der Waals surface area contributed by atoms with Crippen LogP contribution < -0.4 is 5.32 Å². The van der Waals surface area contributed by atoms with Crippen LogP contribution in [0.3, 0.4) is 0 Å². The van der Waals surface area contributed by atoms with Gasteiger partial charge in [-0.3, -0.25) is 4.79 Å². The Morgan fingerprint density at radius 1 is 1.19 bits per heavy atom. The molecule has 1 amide bonds. The smallest absolute Gasteiger partial charge is 0.251 e. The van der Waals surface area contributed by atoms with Crippen LogP contribution in [0.2, 0.25) is 4.34 Å². The largest absolute Gasteiger partial charge is 0.345 e. The first kappa shape index (κ1) is 20.3. The lowest BCUT2D eigenvalue weighted by Gasteiger charge is -2.29. The molecular formula is C19H23ClN2O3S2. The van der Waals surface area contributed by atoms with Crippen LogP contribution >= 0.6 is 22.9 Å². The first-order valence-corrected chi connectivity index (χ1v) is 11.6. The lowest BCUT2D eigenvalue weighted by Crippen LogP contribution is -2.37. The molecule has 1 fully saturated rings. The number of halogens is 1. The van der Waals surface area contributed by atoms with Crippen molar-refractivity contribution in [3.8, 4) is 0 Å². The van der Waals surface area contributed by atoms with Gasteiger partial charge in [0.2, 0.25) is 10.0 Å². The lowest BCUT2D eigenvalue weighted by molar-refractivity contribution is 0.0940. The Morgan fingerprint density at radius 3 is 2.37 bits per heavy atom. The summed E-state index contributed by atoms with van der Waals surface area (Å²) < 4.78 is 27.7. The molecule has 8 heteroatoms. The number of carbonyl (C=O) groups is 1. The Balaban J connectivity index is 1.68. The second-order valence-corrected chi connectivity index (χ2v) is 10.6. The number of nitrogens with one attached hydrogen (secondary N) is 1. The zero-order chi connectivity index (χ0) is 19.6. The Bertz CT molecular complexity index is 901. The van der Waals surface area contributed by atoms with E-state index < -0.39 is 10.0 Å². The van der Waals surface area contributed by atoms with Gasteiger partial charge in [-0.1, -0.05) is 18.5 Å². The summed E-state index contributed by atoms with van der Waals surface area (Å²) in [7, 11) is -3.50. The van der Waals surface area contributed by atoms with E-state index in [1.54, 1.807) is 18.2 Å². The molecule has 1 aliphatic rings. The molecule has 146 valence electrons. The summed E-state index contributed by atoms with van der Waals surface area (Å²) in [5, 5.41) is 2.91. The predicted molar refractivity (Wildman–Crippen MR) is 109 cm³/mol. The third-order valence-electron chi connectivity index (χ3n) is 4.87. The molecule has 27 heavy (non-hydrogen) atoms. The Morgan fingerprint density at radius 2 is 1.81 bits per heavy atom. The fourth-order valence-corrected chi connectivity index (χ4v) is 5.60. The van der Waals surface area contributed by atoms with Crippen LogP contribution in [0.1, 0.15) is 48.0 Å². The first-order valence-electron chi connectivity index (χ1n) is 8.93. The average Bonchev–Trinajstić information content (AvgIpc) is 3.09. The Labute approximate surface area is 169 Å². The van der Waals surface area contributed by atoms with E-state index in [-0.39, 0.29) is 16.8 Å². The van der Waals surface area contributed by atoms with Gasteiger partial charge in [-0.25, -0.2) is 8.42 Å². The highest BCUT2D eigenvalue weighted by molar-refractivity contribution is 7.89. The molecule has 1 saturated heterocycles. The molecule has 1 unspecified atom stereocenters. The minimum Gasteiger partial charge on any atom is -0.345 e. The highest BCUT2D eigenvalue weighted by Crippen LogP contribution is 2.27. The number of amides is 1. The van der Waals surface area contributed by atoms with Gasteiger partial charge in [-0.2, -0.15) is 4.31 Å². The van der Waals surface area contributed by atoms with Crippen LogP contribution in [-0.2, 0) is 10.0 Å². The molecule has 1 aliphatic heterocycles. The van der Waals surface area contributed by atoms with E-state index in [0.29, 0.717) is 28.9 Å². The summed E-state index contributed by atoms with van der Waals surface area (Å²) in [6.07, 6.45) is 1.76. The van der Waals surface area contributed by atoms with Crippen molar-refractivity contribution in [1.82, 2.24) is 9.62 Å². The molecule has 2 aromatic rings. The summed E-state index contributed by atoms with van der Waals surface area (Å²) in [6, 6.07) is 9.64. The van der Waals surface area contributed by atoms with Crippen LogP contribution in [0.25, 0.3) is 0 Å². The molecule has 1 atom stereocenters. The summed E-state index contributed by atoms with van der Waals surface area (Å²) in [6.45, 7) is 5.12. The summed E-state index contributed by atoms with van der Waals surface area (Å²) in [5.41, 5.74) is 0.427. The third-order valence-corrected chi connectivity index (χ3v) is 8.19. The van der Waals surface area contributed by atoms with Gasteiger partial charge in [0.25, 0.3) is 5.91 Å². The van der Waals surface area contributed by atoms with Gasteiger partial charge in [0.15, 0.2) is 0 Å². The standard InChI is InChI=1S/C19H23ClN2O3S2/c1-13-9-11-22(12-10-13)27(24,25)16-5-3-15(4-6-16)19(23)21-14(2)17-7-8-18(20)26-17/h3-8,13-14H,9-12H2,1-2H3,(H,21,23). The topological polar surface area (TPSA) is 66.5 Å². The quantitative estimate of drug-likeness (QED) is 0.774. The maximum atomic E-state index is 12.8. The van der Waals surface area contributed by atoms with Gasteiger partial charge < -0.3 is 5.32 Å². The summed E-state index contributed by atoms with van der Waals surface area (Å²) >= 11 is 7.36. The maximum absolute atomic E-state index is 12.8. The minimum atomic E-state index is -3.50. The molecule has 0 saturated carbocycles. The first-order chi connectivity index (χ1) is 12.8. The highest BCUT2D eigenvalue weighted by Gasteiger charge is 2.28. The molecular weight excluding hydrogens is 404 g/mol. The molecule has 5 nitrogen and oxygen atoms in total. The summed E-state index contributed by atoms with van der Waals surface area (Å²) in [5.74, 6) is 0.311. The molecule has 0 spiro atoms. The van der Waals surface area contributed by atoms with Crippen LogP contribution in [0.4, 0.5) is 0 Å². The highest BCUT2D eigenvalue weighted by atomic mass is 35.5. The van der Waals surface area contributed by atoms with Crippen molar-refractivity contribution >= 4 is 38.9 Å². The van der Waals surface area contributed by atoms with Gasteiger partial charge in [-0.05, 0) is 62.1 Å². The fraction of sp³-hybridized carbons (Fsp3) is 0.421. The van der Waals surface area contributed by atoms with E-state index >= 15 is 0 Å². The van der Waals surface area contributed by atoms with Gasteiger partial charge >= 0.3 is 0 Å². The lowest BCUT2D eigenvalue weighted by atomic mass is 10.0. The number of rotatable bonds is 5. The second-order valence-electron chi connectivity index (χ2n) is 6.95. The number of hydrogen-bond donors (Lipinski definition) is 1. The maximum Gasteiger partial charge on any atom is 0.251 e. The van der Waals surface area contributed by atoms with Crippen molar-refractivity contribution in [2.45, 2.75) is 37.6 Å². The van der Waals surface area contributed by atoms with Crippen molar-refractivity contribution in [2.24, 2.45) is 5.92 Å². The van der Waals surface area contributed by atoms with Crippen molar-refractivity contribution < 1.29 is 13.2 Å². The number of thiophene rings is 1. The van der Waals surface area contributed by atoms with Gasteiger partial charge in [0, 0.05) is 23.5 Å². The number of benzene rings is 1. The van der Waals surface area contributed by atoms with Crippen molar-refractivity contribution in [3.63, 3.8) is 0 Å². The van der Waals surface area contributed by atoms with Crippen LogP contribution in [-0.4, -0.2) is 31.7 Å². The minimum absolute atomic E-state index is 0.172. The van der Waals surface area contributed by atoms with E-state index in [1.807, 2.05) is 13.0 Å². The number of piperidine rings is 1. The summed E-state index contributed by atoms with van der Waals surface area (Å²) in [4.78, 5) is 13.6.